The van der Waals surface area contributed by atoms with Gasteiger partial charge in [0.25, 0.3) is 5.69 Å². The number of Topliss-reactive ketones (excluding diaryl/α,β-unsaturated/α-hetero) is 1. The van der Waals surface area contributed by atoms with Gasteiger partial charge < -0.3 is 4.74 Å². The third kappa shape index (κ3) is 3.78. The summed E-state index contributed by atoms with van der Waals surface area (Å²) in [6.45, 7) is 2.16. The van der Waals surface area contributed by atoms with Gasteiger partial charge in [-0.25, -0.2) is 0 Å². The zero-order valence-electron chi connectivity index (χ0n) is 9.01. The lowest BCUT2D eigenvalue weighted by Gasteiger charge is -2.02. The molecule has 0 N–H and O–H groups in total. The van der Waals surface area contributed by atoms with Gasteiger partial charge >= 0.3 is 0 Å². The number of nitro benzene ring substituents is 1. The van der Waals surface area contributed by atoms with Crippen LogP contribution in [0.15, 0.2) is 24.3 Å². The Balaban J connectivity index is 2.43. The van der Waals surface area contributed by atoms with Crippen LogP contribution >= 0.6 is 0 Å². The highest BCUT2D eigenvalue weighted by molar-refractivity contribution is 5.79. The van der Waals surface area contributed by atoms with E-state index in [0.29, 0.717) is 13.0 Å². The van der Waals surface area contributed by atoms with Gasteiger partial charge in [-0.3, -0.25) is 14.9 Å². The van der Waals surface area contributed by atoms with E-state index in [-0.39, 0.29) is 18.1 Å². The number of ether oxygens (including phenoxy) is 1. The molecule has 0 aliphatic rings. The largest absolute Gasteiger partial charge is 0.369 e. The zero-order chi connectivity index (χ0) is 12.0. The normalized spacial score (nSPS) is 10.1. The predicted octanol–water partition coefficient (Wildman–Crippen LogP) is 2.09. The summed E-state index contributed by atoms with van der Waals surface area (Å²) in [4.78, 5) is 20.9. The quantitative estimate of drug-likeness (QED) is 0.547. The van der Waals surface area contributed by atoms with Crippen LogP contribution in [0.3, 0.4) is 0 Å². The topological polar surface area (TPSA) is 69.4 Å². The third-order valence-electron chi connectivity index (χ3n) is 2.07. The van der Waals surface area contributed by atoms with Crippen LogP contribution in [-0.2, 0) is 16.1 Å². The van der Waals surface area contributed by atoms with E-state index >= 15 is 0 Å². The number of rotatable bonds is 6. The van der Waals surface area contributed by atoms with Gasteiger partial charge in [-0.05, 0) is 17.7 Å². The molecule has 0 aliphatic carbocycles. The maximum atomic E-state index is 10.9. The summed E-state index contributed by atoms with van der Waals surface area (Å²) in [7, 11) is 0. The number of nitro groups is 1. The highest BCUT2D eigenvalue weighted by Gasteiger charge is 2.04. The molecule has 1 aromatic rings. The smallest absolute Gasteiger partial charge is 0.269 e. The average Bonchev–Trinajstić information content (AvgIpc) is 2.29. The van der Waals surface area contributed by atoms with Gasteiger partial charge in [-0.1, -0.05) is 6.92 Å². The van der Waals surface area contributed by atoms with E-state index in [1.165, 1.54) is 12.1 Å². The highest BCUT2D eigenvalue weighted by atomic mass is 16.6. The molecule has 0 amide bonds. The molecule has 0 aliphatic heterocycles. The highest BCUT2D eigenvalue weighted by Crippen LogP contribution is 2.12. The van der Waals surface area contributed by atoms with Crippen molar-refractivity contribution in [2.24, 2.45) is 0 Å². The Kier molecular flexibility index (Phi) is 4.60. The van der Waals surface area contributed by atoms with Gasteiger partial charge in [0.05, 0.1) is 11.5 Å². The van der Waals surface area contributed by atoms with Gasteiger partial charge in [-0.15, -0.1) is 0 Å². The van der Waals surface area contributed by atoms with Crippen LogP contribution in [0.2, 0.25) is 0 Å². The van der Waals surface area contributed by atoms with Gasteiger partial charge in [-0.2, -0.15) is 0 Å². The monoisotopic (exact) mass is 223 g/mol. The predicted molar refractivity (Wildman–Crippen MR) is 58.1 cm³/mol. The second kappa shape index (κ2) is 5.97. The van der Waals surface area contributed by atoms with E-state index in [1.807, 2.05) is 0 Å². The Hall–Kier alpha value is -1.75. The lowest BCUT2D eigenvalue weighted by molar-refractivity contribution is -0.384. The van der Waals surface area contributed by atoms with Crippen LogP contribution in [0.5, 0.6) is 0 Å². The van der Waals surface area contributed by atoms with Gasteiger partial charge in [0.1, 0.15) is 6.61 Å². The number of carbonyl (C=O) groups excluding carboxylic acids is 1. The first-order chi connectivity index (χ1) is 7.63. The summed E-state index contributed by atoms with van der Waals surface area (Å²) in [5, 5.41) is 10.4. The fraction of sp³-hybridized carbons (Fsp3) is 0.364. The molecular weight excluding hydrogens is 210 g/mol. The standard InChI is InChI=1S/C11H13NO4/c1-2-11(13)8-16-7-9-3-5-10(6-4-9)12(14)15/h3-6H,2,7-8H2,1H3. The number of ketones is 1. The SMILES string of the molecule is CCC(=O)COCc1ccc([N+](=O)[O-])cc1. The van der Waals surface area contributed by atoms with E-state index in [4.69, 9.17) is 4.74 Å². The first kappa shape index (κ1) is 12.3. The Labute approximate surface area is 93.2 Å². The van der Waals surface area contributed by atoms with Crippen molar-refractivity contribution in [3.8, 4) is 0 Å². The van der Waals surface area contributed by atoms with Crippen molar-refractivity contribution in [1.82, 2.24) is 0 Å². The van der Waals surface area contributed by atoms with Crippen LogP contribution in [0.25, 0.3) is 0 Å². The lowest BCUT2D eigenvalue weighted by Crippen LogP contribution is -2.06. The second-order valence-corrected chi connectivity index (χ2v) is 3.31. The number of hydrogen-bond donors (Lipinski definition) is 0. The first-order valence-corrected chi connectivity index (χ1v) is 4.96. The summed E-state index contributed by atoms with van der Waals surface area (Å²) >= 11 is 0. The van der Waals surface area contributed by atoms with Crippen molar-refractivity contribution in [2.45, 2.75) is 20.0 Å². The minimum absolute atomic E-state index is 0.0434. The van der Waals surface area contributed by atoms with Crippen molar-refractivity contribution in [2.75, 3.05) is 6.61 Å². The van der Waals surface area contributed by atoms with Crippen molar-refractivity contribution >= 4 is 11.5 Å². The summed E-state index contributed by atoms with van der Waals surface area (Å²) < 4.78 is 5.15. The van der Waals surface area contributed by atoms with Crippen LogP contribution in [0.4, 0.5) is 5.69 Å². The molecule has 16 heavy (non-hydrogen) atoms. The number of carbonyl (C=O) groups is 1. The van der Waals surface area contributed by atoms with Crippen molar-refractivity contribution in [1.29, 1.82) is 0 Å². The molecule has 86 valence electrons. The fourth-order valence-corrected chi connectivity index (χ4v) is 1.10. The summed E-state index contributed by atoms with van der Waals surface area (Å²) in [6, 6.07) is 6.07. The summed E-state index contributed by atoms with van der Waals surface area (Å²) in [6.07, 6.45) is 0.459. The summed E-state index contributed by atoms with van der Waals surface area (Å²) in [5.41, 5.74) is 0.864. The Morgan fingerprint density at radius 2 is 2.00 bits per heavy atom. The molecule has 0 saturated carbocycles. The fourth-order valence-electron chi connectivity index (χ4n) is 1.10. The molecule has 0 radical (unpaired) electrons. The molecule has 0 bridgehead atoms. The second-order valence-electron chi connectivity index (χ2n) is 3.31. The van der Waals surface area contributed by atoms with Gasteiger partial charge in [0, 0.05) is 18.6 Å². The minimum atomic E-state index is -0.453. The Morgan fingerprint density at radius 3 is 2.50 bits per heavy atom. The van der Waals surface area contributed by atoms with E-state index in [0.717, 1.165) is 5.56 Å². The maximum absolute atomic E-state index is 10.9. The minimum Gasteiger partial charge on any atom is -0.369 e. The molecule has 1 rings (SSSR count). The zero-order valence-corrected chi connectivity index (χ0v) is 9.01. The van der Waals surface area contributed by atoms with Gasteiger partial charge in [0.2, 0.25) is 0 Å². The van der Waals surface area contributed by atoms with Crippen LogP contribution < -0.4 is 0 Å². The van der Waals surface area contributed by atoms with Crippen LogP contribution in [0, 0.1) is 10.1 Å². The molecule has 0 saturated heterocycles. The van der Waals surface area contributed by atoms with E-state index in [1.54, 1.807) is 19.1 Å². The third-order valence-corrected chi connectivity index (χ3v) is 2.07. The van der Waals surface area contributed by atoms with Crippen molar-refractivity contribution < 1.29 is 14.5 Å². The van der Waals surface area contributed by atoms with Crippen molar-refractivity contribution in [3.05, 3.63) is 39.9 Å². The van der Waals surface area contributed by atoms with Crippen LogP contribution in [0.1, 0.15) is 18.9 Å². The number of nitrogens with zero attached hydrogens (tertiary/aromatic N) is 1. The van der Waals surface area contributed by atoms with Crippen LogP contribution in [-0.4, -0.2) is 17.3 Å². The molecule has 0 atom stereocenters. The molecule has 0 unspecified atom stereocenters. The number of non-ortho nitro benzene ring substituents is 1. The average molecular weight is 223 g/mol. The Morgan fingerprint density at radius 1 is 1.38 bits per heavy atom. The molecule has 0 fully saturated rings. The molecule has 5 nitrogen and oxygen atoms in total. The van der Waals surface area contributed by atoms with E-state index < -0.39 is 4.92 Å². The van der Waals surface area contributed by atoms with Crippen molar-refractivity contribution in [3.63, 3.8) is 0 Å². The molecule has 0 aromatic heterocycles. The van der Waals surface area contributed by atoms with Gasteiger partial charge in [0.15, 0.2) is 5.78 Å². The lowest BCUT2D eigenvalue weighted by atomic mass is 10.2. The molecule has 0 spiro atoms. The first-order valence-electron chi connectivity index (χ1n) is 4.96. The molecule has 1 aromatic carbocycles. The number of benzene rings is 1. The Bertz CT molecular complexity index is 372. The van der Waals surface area contributed by atoms with E-state index in [2.05, 4.69) is 0 Å². The maximum Gasteiger partial charge on any atom is 0.269 e. The number of hydrogen-bond acceptors (Lipinski definition) is 4. The van der Waals surface area contributed by atoms with E-state index in [9.17, 15) is 14.9 Å². The molecular formula is C11H13NO4. The summed E-state index contributed by atoms with van der Waals surface area (Å²) in [5.74, 6) is 0.0434. The molecule has 5 heteroatoms. The molecule has 0 heterocycles.